The van der Waals surface area contributed by atoms with Crippen LogP contribution in [0.3, 0.4) is 0 Å². The van der Waals surface area contributed by atoms with Crippen LogP contribution in [0.4, 0.5) is 10.5 Å². The molecular formula is C15H18N4O4S. The number of aromatic nitrogens is 1. The van der Waals surface area contributed by atoms with Crippen molar-refractivity contribution in [1.82, 2.24) is 4.98 Å². The number of hydrogen-bond donors (Lipinski definition) is 3. The first-order chi connectivity index (χ1) is 11.3. The van der Waals surface area contributed by atoms with Crippen LogP contribution in [-0.2, 0) is 4.74 Å². The number of thiazole rings is 1. The number of hydrogen-bond acceptors (Lipinski definition) is 7. The topological polar surface area (TPSA) is 119 Å². The van der Waals surface area contributed by atoms with E-state index in [4.69, 9.17) is 20.4 Å². The number of nitrogens with two attached hydrogens (primary N) is 1. The Morgan fingerprint density at radius 3 is 2.58 bits per heavy atom. The molecule has 0 bridgehead atoms. The van der Waals surface area contributed by atoms with Crippen LogP contribution in [0.5, 0.6) is 10.9 Å². The highest BCUT2D eigenvalue weighted by molar-refractivity contribution is 7.15. The van der Waals surface area contributed by atoms with E-state index in [2.05, 4.69) is 15.5 Å². The summed E-state index contributed by atoms with van der Waals surface area (Å²) in [5.74, 6) is 0.504. The van der Waals surface area contributed by atoms with Gasteiger partial charge in [0.1, 0.15) is 11.4 Å². The lowest BCUT2D eigenvalue weighted by Crippen LogP contribution is -2.27. The van der Waals surface area contributed by atoms with Gasteiger partial charge in [-0.25, -0.2) is 9.78 Å². The quantitative estimate of drug-likeness (QED) is 0.337. The second-order valence-corrected chi connectivity index (χ2v) is 6.72. The number of amides is 1. The number of carbonyl (C=O) groups excluding carboxylic acids is 1. The van der Waals surface area contributed by atoms with Crippen molar-refractivity contribution in [2.24, 2.45) is 10.9 Å². The molecule has 0 saturated carbocycles. The highest BCUT2D eigenvalue weighted by Gasteiger charge is 2.16. The van der Waals surface area contributed by atoms with E-state index in [1.54, 1.807) is 45.0 Å². The summed E-state index contributed by atoms with van der Waals surface area (Å²) in [6.45, 7) is 5.38. The molecule has 2 rings (SSSR count). The lowest BCUT2D eigenvalue weighted by molar-refractivity contribution is 0.0636. The van der Waals surface area contributed by atoms with Crippen LogP contribution in [0.1, 0.15) is 25.6 Å². The third-order valence-electron chi connectivity index (χ3n) is 2.55. The Labute approximate surface area is 142 Å². The zero-order valence-corrected chi connectivity index (χ0v) is 14.3. The Kier molecular flexibility index (Phi) is 5.24. The van der Waals surface area contributed by atoms with Crippen molar-refractivity contribution in [2.45, 2.75) is 26.4 Å². The summed E-state index contributed by atoms with van der Waals surface area (Å²) in [5, 5.41) is 14.5. The smallest absolute Gasteiger partial charge is 0.412 e. The molecule has 1 aromatic carbocycles. The van der Waals surface area contributed by atoms with E-state index in [0.717, 1.165) is 11.3 Å². The first kappa shape index (κ1) is 17.5. The van der Waals surface area contributed by atoms with Crippen molar-refractivity contribution in [3.05, 3.63) is 35.3 Å². The average Bonchev–Trinajstić information content (AvgIpc) is 2.95. The van der Waals surface area contributed by atoms with Gasteiger partial charge in [-0.15, -0.1) is 0 Å². The van der Waals surface area contributed by atoms with E-state index in [-0.39, 0.29) is 5.84 Å². The Morgan fingerprint density at radius 2 is 2.00 bits per heavy atom. The summed E-state index contributed by atoms with van der Waals surface area (Å²) in [6, 6.07) is 6.71. The maximum Gasteiger partial charge on any atom is 0.412 e. The molecule has 4 N–H and O–H groups in total. The van der Waals surface area contributed by atoms with Gasteiger partial charge in [-0.2, -0.15) is 0 Å². The standard InChI is InChI=1S/C15H18N4O4S/c1-15(2,3)23-13(20)18-9-4-6-10(7-5-9)22-14-17-8-11(24-14)12(16)19-21/h4-8,21H,1-3H3,(H2,16,19)(H,18,20). The van der Waals surface area contributed by atoms with Gasteiger partial charge in [0.15, 0.2) is 5.84 Å². The summed E-state index contributed by atoms with van der Waals surface area (Å²) < 4.78 is 10.7. The largest absolute Gasteiger partial charge is 0.444 e. The van der Waals surface area contributed by atoms with Gasteiger partial charge in [0.2, 0.25) is 0 Å². The van der Waals surface area contributed by atoms with Crippen molar-refractivity contribution >= 4 is 29.0 Å². The molecule has 0 fully saturated rings. The van der Waals surface area contributed by atoms with Crippen molar-refractivity contribution in [2.75, 3.05) is 5.32 Å². The lowest BCUT2D eigenvalue weighted by Gasteiger charge is -2.19. The van der Waals surface area contributed by atoms with Gasteiger partial charge < -0.3 is 20.4 Å². The Bertz CT molecular complexity index is 735. The fraction of sp³-hybridized carbons (Fsp3) is 0.267. The van der Waals surface area contributed by atoms with E-state index in [1.165, 1.54) is 6.20 Å². The van der Waals surface area contributed by atoms with Crippen molar-refractivity contribution in [3.8, 4) is 10.9 Å². The third-order valence-corrected chi connectivity index (χ3v) is 3.45. The molecule has 8 nitrogen and oxygen atoms in total. The van der Waals surface area contributed by atoms with Gasteiger partial charge in [-0.1, -0.05) is 16.5 Å². The molecule has 0 aliphatic heterocycles. The van der Waals surface area contributed by atoms with E-state index < -0.39 is 11.7 Å². The van der Waals surface area contributed by atoms with Crippen LogP contribution in [-0.4, -0.2) is 27.7 Å². The molecule has 0 atom stereocenters. The number of anilines is 1. The molecule has 0 aliphatic carbocycles. The number of benzene rings is 1. The third kappa shape index (κ3) is 5.13. The zero-order chi connectivity index (χ0) is 17.7. The molecule has 1 heterocycles. The Balaban J connectivity index is 1.97. The molecule has 24 heavy (non-hydrogen) atoms. The minimum atomic E-state index is -0.560. The second-order valence-electron chi connectivity index (χ2n) is 5.73. The molecule has 1 aromatic heterocycles. The average molecular weight is 350 g/mol. The maximum atomic E-state index is 11.7. The van der Waals surface area contributed by atoms with Crippen molar-refractivity contribution in [1.29, 1.82) is 0 Å². The monoisotopic (exact) mass is 350 g/mol. The first-order valence-corrected chi connectivity index (χ1v) is 7.80. The Hall–Kier alpha value is -2.81. The molecule has 1 amide bonds. The van der Waals surface area contributed by atoms with Gasteiger partial charge in [-0.05, 0) is 45.0 Å². The van der Waals surface area contributed by atoms with Crippen molar-refractivity contribution in [3.63, 3.8) is 0 Å². The van der Waals surface area contributed by atoms with Gasteiger partial charge >= 0.3 is 6.09 Å². The van der Waals surface area contributed by atoms with Crippen LogP contribution in [0.2, 0.25) is 0 Å². The lowest BCUT2D eigenvalue weighted by atomic mass is 10.2. The number of oxime groups is 1. The fourth-order valence-corrected chi connectivity index (χ4v) is 2.28. The summed E-state index contributed by atoms with van der Waals surface area (Å²) in [5.41, 5.74) is 5.49. The summed E-state index contributed by atoms with van der Waals surface area (Å²) in [7, 11) is 0. The number of rotatable bonds is 4. The minimum Gasteiger partial charge on any atom is -0.444 e. The summed E-state index contributed by atoms with van der Waals surface area (Å²) >= 11 is 1.14. The van der Waals surface area contributed by atoms with Crippen molar-refractivity contribution < 1.29 is 19.5 Å². The van der Waals surface area contributed by atoms with E-state index >= 15 is 0 Å². The predicted molar refractivity (Wildman–Crippen MR) is 91.0 cm³/mol. The van der Waals surface area contributed by atoms with Crippen LogP contribution in [0.25, 0.3) is 0 Å². The van der Waals surface area contributed by atoms with Gasteiger partial charge in [0, 0.05) is 5.69 Å². The molecule has 128 valence electrons. The predicted octanol–water partition coefficient (Wildman–Crippen LogP) is 3.38. The number of nitrogens with zero attached hydrogens (tertiary/aromatic N) is 2. The molecule has 2 aromatic rings. The highest BCUT2D eigenvalue weighted by atomic mass is 32.1. The molecule has 0 spiro atoms. The first-order valence-electron chi connectivity index (χ1n) is 6.98. The van der Waals surface area contributed by atoms with Gasteiger partial charge in [0.05, 0.1) is 11.1 Å². The zero-order valence-electron chi connectivity index (χ0n) is 13.4. The van der Waals surface area contributed by atoms with E-state index in [1.807, 2.05) is 0 Å². The van der Waals surface area contributed by atoms with Crippen LogP contribution < -0.4 is 15.8 Å². The summed E-state index contributed by atoms with van der Waals surface area (Å²) in [6.07, 6.45) is 0.924. The Morgan fingerprint density at radius 1 is 1.33 bits per heavy atom. The molecule has 0 saturated heterocycles. The molecule has 0 radical (unpaired) electrons. The SMILES string of the molecule is CC(C)(C)OC(=O)Nc1ccc(Oc2ncc(/C(N)=N/O)s2)cc1. The van der Waals surface area contributed by atoms with Crippen LogP contribution >= 0.6 is 11.3 Å². The highest BCUT2D eigenvalue weighted by Crippen LogP contribution is 2.27. The maximum absolute atomic E-state index is 11.7. The number of carbonyl (C=O) groups is 1. The molecule has 0 unspecified atom stereocenters. The number of nitrogens with one attached hydrogen (secondary N) is 1. The fourth-order valence-electron chi connectivity index (χ4n) is 1.60. The second kappa shape index (κ2) is 7.18. The van der Waals surface area contributed by atoms with Crippen LogP contribution in [0, 0.1) is 0 Å². The molecule has 0 aliphatic rings. The van der Waals surface area contributed by atoms with E-state index in [0.29, 0.717) is 21.5 Å². The summed E-state index contributed by atoms with van der Waals surface area (Å²) in [4.78, 5) is 16.2. The van der Waals surface area contributed by atoms with Crippen LogP contribution in [0.15, 0.2) is 35.6 Å². The number of amidine groups is 1. The molecular weight excluding hydrogens is 332 g/mol. The van der Waals surface area contributed by atoms with Gasteiger partial charge in [-0.3, -0.25) is 5.32 Å². The van der Waals surface area contributed by atoms with E-state index in [9.17, 15) is 4.79 Å². The number of ether oxygens (including phenoxy) is 2. The molecule has 9 heteroatoms. The normalized spacial score (nSPS) is 11.9. The minimum absolute atomic E-state index is 0.0285. The van der Waals surface area contributed by atoms with Gasteiger partial charge in [0.25, 0.3) is 5.19 Å².